The third kappa shape index (κ3) is 7.40. The van der Waals surface area contributed by atoms with Gasteiger partial charge in [-0.2, -0.15) is 0 Å². The number of nitrogens with one attached hydrogen (secondary N) is 2. The fraction of sp³-hybridized carbons (Fsp3) is 0.400. The number of carbonyl (C=O) groups is 3. The summed E-state index contributed by atoms with van der Waals surface area (Å²) >= 11 is 0. The predicted molar refractivity (Wildman–Crippen MR) is 125 cm³/mol. The molecule has 1 fully saturated rings. The summed E-state index contributed by atoms with van der Waals surface area (Å²) in [4.78, 5) is 38.6. The first-order valence-electron chi connectivity index (χ1n) is 11.0. The van der Waals surface area contributed by atoms with Crippen LogP contribution < -0.4 is 10.6 Å². The van der Waals surface area contributed by atoms with Gasteiger partial charge in [0, 0.05) is 25.3 Å². The summed E-state index contributed by atoms with van der Waals surface area (Å²) in [6.45, 7) is 9.87. The highest BCUT2D eigenvalue weighted by Crippen LogP contribution is 2.16. The van der Waals surface area contributed by atoms with Gasteiger partial charge in [0.1, 0.15) is 0 Å². The van der Waals surface area contributed by atoms with E-state index in [9.17, 15) is 14.4 Å². The maximum Gasteiger partial charge on any atom is 0.338 e. The van der Waals surface area contributed by atoms with E-state index < -0.39 is 24.5 Å². The Morgan fingerprint density at radius 2 is 1.70 bits per heavy atom. The first-order chi connectivity index (χ1) is 15.7. The molecular weight excluding hydrogens is 422 g/mol. The van der Waals surface area contributed by atoms with Gasteiger partial charge in [-0.05, 0) is 57.0 Å². The van der Waals surface area contributed by atoms with Crippen LogP contribution in [0, 0.1) is 13.8 Å². The second kappa shape index (κ2) is 11.1. The van der Waals surface area contributed by atoms with Crippen LogP contribution in [0.15, 0.2) is 42.5 Å². The molecular formula is C25H31N3O5. The number of amides is 3. The van der Waals surface area contributed by atoms with Gasteiger partial charge in [0.2, 0.25) is 0 Å². The molecule has 8 heteroatoms. The molecule has 1 saturated heterocycles. The number of benzene rings is 2. The van der Waals surface area contributed by atoms with Crippen LogP contribution in [0.25, 0.3) is 0 Å². The van der Waals surface area contributed by atoms with Crippen LogP contribution in [0.1, 0.15) is 40.9 Å². The van der Waals surface area contributed by atoms with Gasteiger partial charge in [0.15, 0.2) is 6.61 Å². The van der Waals surface area contributed by atoms with Crippen LogP contribution in [-0.4, -0.2) is 54.7 Å². The zero-order valence-corrected chi connectivity index (χ0v) is 19.5. The highest BCUT2D eigenvalue weighted by molar-refractivity contribution is 6.02. The van der Waals surface area contributed by atoms with Gasteiger partial charge < -0.3 is 14.8 Å². The van der Waals surface area contributed by atoms with Crippen LogP contribution in [-0.2, 0) is 20.8 Å². The van der Waals surface area contributed by atoms with Gasteiger partial charge in [0.05, 0.1) is 17.8 Å². The number of esters is 1. The number of rotatable bonds is 6. The van der Waals surface area contributed by atoms with Crippen molar-refractivity contribution in [1.82, 2.24) is 10.2 Å². The maximum atomic E-state index is 12.3. The first kappa shape index (κ1) is 24.4. The fourth-order valence-corrected chi connectivity index (χ4v) is 3.90. The van der Waals surface area contributed by atoms with E-state index in [-0.39, 0.29) is 12.2 Å². The zero-order chi connectivity index (χ0) is 24.0. The standard InChI is InChI=1S/C25H31N3O5/c1-16-5-10-22(17(2)11-16)26-25(31)27-23(29)15-32-24(30)21-8-6-20(7-9-21)14-28-12-18(3)33-19(4)13-28/h5-11,18-19H,12-15H2,1-4H3,(H2,26,27,29,31). The van der Waals surface area contributed by atoms with Gasteiger partial charge in [0.25, 0.3) is 5.91 Å². The second-order valence-electron chi connectivity index (χ2n) is 8.55. The van der Waals surface area contributed by atoms with E-state index in [4.69, 9.17) is 9.47 Å². The molecule has 2 N–H and O–H groups in total. The smallest absolute Gasteiger partial charge is 0.338 e. The van der Waals surface area contributed by atoms with Gasteiger partial charge in [-0.1, -0.05) is 29.8 Å². The summed E-state index contributed by atoms with van der Waals surface area (Å²) in [5, 5.41) is 4.77. The van der Waals surface area contributed by atoms with Crippen molar-refractivity contribution in [3.8, 4) is 0 Å². The number of hydrogen-bond acceptors (Lipinski definition) is 6. The molecule has 1 aliphatic rings. The lowest BCUT2D eigenvalue weighted by Crippen LogP contribution is -2.44. The molecule has 0 bridgehead atoms. The number of carbonyl (C=O) groups excluding carboxylic acids is 3. The van der Waals surface area contributed by atoms with E-state index >= 15 is 0 Å². The van der Waals surface area contributed by atoms with Gasteiger partial charge >= 0.3 is 12.0 Å². The number of hydrogen-bond donors (Lipinski definition) is 2. The number of anilines is 1. The Balaban J connectivity index is 1.44. The van der Waals surface area contributed by atoms with Gasteiger partial charge in [-0.15, -0.1) is 0 Å². The largest absolute Gasteiger partial charge is 0.452 e. The number of morpholine rings is 1. The molecule has 0 aromatic heterocycles. The van der Waals surface area contributed by atoms with E-state index in [0.29, 0.717) is 11.3 Å². The normalized spacial score (nSPS) is 18.4. The fourth-order valence-electron chi connectivity index (χ4n) is 3.90. The van der Waals surface area contributed by atoms with Crippen molar-refractivity contribution in [1.29, 1.82) is 0 Å². The molecule has 0 spiro atoms. The Hall–Kier alpha value is -3.23. The zero-order valence-electron chi connectivity index (χ0n) is 19.5. The molecule has 8 nitrogen and oxygen atoms in total. The lowest BCUT2D eigenvalue weighted by molar-refractivity contribution is -0.123. The molecule has 176 valence electrons. The third-order valence-corrected chi connectivity index (χ3v) is 5.31. The summed E-state index contributed by atoms with van der Waals surface area (Å²) in [5.41, 5.74) is 3.97. The molecule has 3 amide bonds. The first-order valence-corrected chi connectivity index (χ1v) is 11.0. The van der Waals surface area contributed by atoms with E-state index in [1.165, 1.54) is 0 Å². The van der Waals surface area contributed by atoms with Crippen LogP contribution >= 0.6 is 0 Å². The molecule has 3 rings (SSSR count). The highest BCUT2D eigenvalue weighted by atomic mass is 16.5. The van der Waals surface area contributed by atoms with Gasteiger partial charge in [-0.3, -0.25) is 15.0 Å². The van der Waals surface area contributed by atoms with Crippen molar-refractivity contribution >= 4 is 23.6 Å². The average Bonchev–Trinajstić information content (AvgIpc) is 2.74. The number of ether oxygens (including phenoxy) is 2. The van der Waals surface area contributed by atoms with Crippen molar-refractivity contribution in [3.63, 3.8) is 0 Å². The van der Waals surface area contributed by atoms with Crippen molar-refractivity contribution in [2.45, 2.75) is 46.4 Å². The quantitative estimate of drug-likeness (QED) is 0.651. The molecule has 2 aromatic rings. The number of aryl methyl sites for hydroxylation is 2. The van der Waals surface area contributed by atoms with Crippen molar-refractivity contribution in [2.75, 3.05) is 25.0 Å². The molecule has 1 heterocycles. The predicted octanol–water partition coefficient (Wildman–Crippen LogP) is 3.42. The summed E-state index contributed by atoms with van der Waals surface area (Å²) in [6, 6.07) is 12.0. The highest BCUT2D eigenvalue weighted by Gasteiger charge is 2.22. The monoisotopic (exact) mass is 453 g/mol. The Morgan fingerprint density at radius 3 is 2.33 bits per heavy atom. The molecule has 2 aromatic carbocycles. The van der Waals surface area contributed by atoms with Crippen molar-refractivity contribution in [2.24, 2.45) is 0 Å². The van der Waals surface area contributed by atoms with Crippen LogP contribution in [0.3, 0.4) is 0 Å². The Kier molecular flexibility index (Phi) is 8.19. The van der Waals surface area contributed by atoms with Crippen LogP contribution in [0.2, 0.25) is 0 Å². The Bertz CT molecular complexity index is 996. The second-order valence-corrected chi connectivity index (χ2v) is 8.55. The van der Waals surface area contributed by atoms with E-state index in [1.54, 1.807) is 18.2 Å². The molecule has 0 radical (unpaired) electrons. The van der Waals surface area contributed by atoms with E-state index in [0.717, 1.165) is 36.3 Å². The van der Waals surface area contributed by atoms with E-state index in [2.05, 4.69) is 29.4 Å². The number of nitrogens with zero attached hydrogens (tertiary/aromatic N) is 1. The number of urea groups is 1. The maximum absolute atomic E-state index is 12.3. The molecule has 2 unspecified atom stereocenters. The summed E-state index contributed by atoms with van der Waals surface area (Å²) in [5.74, 6) is -1.34. The third-order valence-electron chi connectivity index (χ3n) is 5.31. The summed E-state index contributed by atoms with van der Waals surface area (Å²) < 4.78 is 10.8. The molecule has 2 atom stereocenters. The average molecular weight is 454 g/mol. The minimum atomic E-state index is -0.710. The van der Waals surface area contributed by atoms with Crippen molar-refractivity contribution < 1.29 is 23.9 Å². The molecule has 0 saturated carbocycles. The minimum absolute atomic E-state index is 0.192. The van der Waals surface area contributed by atoms with Crippen LogP contribution in [0.4, 0.5) is 10.5 Å². The SMILES string of the molecule is Cc1ccc(NC(=O)NC(=O)COC(=O)c2ccc(CN3CC(C)OC(C)C3)cc2)c(C)c1. The summed E-state index contributed by atoms with van der Waals surface area (Å²) in [7, 11) is 0. The van der Waals surface area contributed by atoms with Crippen LogP contribution in [0.5, 0.6) is 0 Å². The summed E-state index contributed by atoms with van der Waals surface area (Å²) in [6.07, 6.45) is 0.384. The molecule has 33 heavy (non-hydrogen) atoms. The Morgan fingerprint density at radius 1 is 1.03 bits per heavy atom. The topological polar surface area (TPSA) is 97.0 Å². The lowest BCUT2D eigenvalue weighted by atomic mass is 10.1. The Labute approximate surface area is 194 Å². The van der Waals surface area contributed by atoms with Crippen molar-refractivity contribution in [3.05, 3.63) is 64.7 Å². The molecule has 0 aliphatic carbocycles. The van der Waals surface area contributed by atoms with E-state index in [1.807, 2.05) is 38.1 Å². The van der Waals surface area contributed by atoms with Gasteiger partial charge in [-0.25, -0.2) is 9.59 Å². The number of imide groups is 1. The minimum Gasteiger partial charge on any atom is -0.452 e. The lowest BCUT2D eigenvalue weighted by Gasteiger charge is -2.35. The molecule has 1 aliphatic heterocycles.